The van der Waals surface area contributed by atoms with Crippen molar-refractivity contribution >= 4 is 24.2 Å². The van der Waals surface area contributed by atoms with Crippen LogP contribution in [-0.4, -0.2) is 30.9 Å². The van der Waals surface area contributed by atoms with Gasteiger partial charge in [-0.2, -0.15) is 0 Å². The zero-order chi connectivity index (χ0) is 15.0. The van der Waals surface area contributed by atoms with Gasteiger partial charge in [0.2, 0.25) is 5.91 Å². The summed E-state index contributed by atoms with van der Waals surface area (Å²) in [6, 6.07) is 7.48. The SMILES string of the molecule is CCN[C@H](C)CNC(=O)c1ccc(CNC(C)=O)cc1.Cl. The highest BCUT2D eigenvalue weighted by Gasteiger charge is 2.07. The molecule has 1 aromatic carbocycles. The van der Waals surface area contributed by atoms with Crippen LogP contribution in [0.2, 0.25) is 0 Å². The second kappa shape index (κ2) is 10.2. The molecule has 0 unspecified atom stereocenters. The van der Waals surface area contributed by atoms with E-state index in [9.17, 15) is 9.59 Å². The summed E-state index contributed by atoms with van der Waals surface area (Å²) in [5.41, 5.74) is 1.60. The number of benzene rings is 1. The Bertz CT molecular complexity index is 449. The summed E-state index contributed by atoms with van der Waals surface area (Å²) in [5.74, 6) is -0.148. The number of hydrogen-bond acceptors (Lipinski definition) is 3. The number of carbonyl (C=O) groups excluding carboxylic acids is 2. The number of likely N-dealkylation sites (N-methyl/N-ethyl adjacent to an activating group) is 1. The van der Waals surface area contributed by atoms with Gasteiger partial charge in [0, 0.05) is 31.6 Å². The fourth-order valence-corrected chi connectivity index (χ4v) is 1.77. The summed E-state index contributed by atoms with van der Waals surface area (Å²) in [7, 11) is 0. The Balaban J connectivity index is 0.00000400. The molecule has 1 rings (SSSR count). The van der Waals surface area contributed by atoms with Crippen LogP contribution < -0.4 is 16.0 Å². The van der Waals surface area contributed by atoms with Crippen LogP contribution in [0.4, 0.5) is 0 Å². The Morgan fingerprint density at radius 3 is 2.29 bits per heavy atom. The lowest BCUT2D eigenvalue weighted by Crippen LogP contribution is -2.38. The topological polar surface area (TPSA) is 70.2 Å². The molecule has 21 heavy (non-hydrogen) atoms. The first kappa shape index (κ1) is 19.4. The fourth-order valence-electron chi connectivity index (χ4n) is 1.77. The van der Waals surface area contributed by atoms with E-state index in [2.05, 4.69) is 16.0 Å². The van der Waals surface area contributed by atoms with Gasteiger partial charge in [0.05, 0.1) is 0 Å². The highest BCUT2D eigenvalue weighted by atomic mass is 35.5. The van der Waals surface area contributed by atoms with E-state index in [1.165, 1.54) is 6.92 Å². The summed E-state index contributed by atoms with van der Waals surface area (Å²) in [5, 5.41) is 8.83. The maximum atomic E-state index is 11.9. The molecule has 0 heterocycles. The summed E-state index contributed by atoms with van der Waals surface area (Å²) < 4.78 is 0. The molecule has 118 valence electrons. The summed E-state index contributed by atoms with van der Waals surface area (Å²) in [6.07, 6.45) is 0. The van der Waals surface area contributed by atoms with E-state index >= 15 is 0 Å². The van der Waals surface area contributed by atoms with Gasteiger partial charge in [-0.15, -0.1) is 12.4 Å². The largest absolute Gasteiger partial charge is 0.352 e. The number of amides is 2. The Labute approximate surface area is 132 Å². The summed E-state index contributed by atoms with van der Waals surface area (Å²) in [4.78, 5) is 22.7. The highest BCUT2D eigenvalue weighted by molar-refractivity contribution is 5.94. The first-order chi connectivity index (χ1) is 9.52. The monoisotopic (exact) mass is 313 g/mol. The summed E-state index contributed by atoms with van der Waals surface area (Å²) >= 11 is 0. The Morgan fingerprint density at radius 1 is 1.14 bits per heavy atom. The van der Waals surface area contributed by atoms with Gasteiger partial charge in [0.25, 0.3) is 5.91 Å². The number of carbonyl (C=O) groups is 2. The van der Waals surface area contributed by atoms with Crippen LogP contribution in [0.3, 0.4) is 0 Å². The van der Waals surface area contributed by atoms with E-state index in [0.717, 1.165) is 12.1 Å². The lowest BCUT2D eigenvalue weighted by Gasteiger charge is -2.13. The first-order valence-corrected chi connectivity index (χ1v) is 6.88. The molecule has 0 aromatic heterocycles. The molecule has 0 saturated carbocycles. The van der Waals surface area contributed by atoms with Crippen LogP contribution in [-0.2, 0) is 11.3 Å². The van der Waals surface area contributed by atoms with E-state index in [1.807, 2.05) is 26.0 Å². The minimum absolute atomic E-state index is 0. The molecule has 2 amide bonds. The molecule has 0 aliphatic heterocycles. The maximum absolute atomic E-state index is 11.9. The van der Waals surface area contributed by atoms with Gasteiger partial charge in [0.15, 0.2) is 0 Å². The van der Waals surface area contributed by atoms with Crippen LogP contribution in [0.15, 0.2) is 24.3 Å². The second-order valence-electron chi connectivity index (χ2n) is 4.78. The zero-order valence-corrected chi connectivity index (χ0v) is 13.5. The van der Waals surface area contributed by atoms with Crippen LogP contribution in [0.1, 0.15) is 36.7 Å². The third-order valence-corrected chi connectivity index (χ3v) is 2.88. The van der Waals surface area contributed by atoms with Crippen molar-refractivity contribution in [2.24, 2.45) is 0 Å². The lowest BCUT2D eigenvalue weighted by molar-refractivity contribution is -0.119. The highest BCUT2D eigenvalue weighted by Crippen LogP contribution is 2.04. The minimum atomic E-state index is -0.0826. The van der Waals surface area contributed by atoms with Crippen LogP contribution >= 0.6 is 12.4 Å². The molecule has 6 heteroatoms. The molecule has 1 atom stereocenters. The van der Waals surface area contributed by atoms with Gasteiger partial charge in [0.1, 0.15) is 0 Å². The van der Waals surface area contributed by atoms with Gasteiger partial charge in [-0.25, -0.2) is 0 Å². The Morgan fingerprint density at radius 2 is 1.76 bits per heavy atom. The molecule has 0 fully saturated rings. The quantitative estimate of drug-likeness (QED) is 0.714. The van der Waals surface area contributed by atoms with Crippen molar-refractivity contribution in [3.63, 3.8) is 0 Å². The third kappa shape index (κ3) is 7.68. The third-order valence-electron chi connectivity index (χ3n) is 2.88. The number of rotatable bonds is 7. The lowest BCUT2D eigenvalue weighted by atomic mass is 10.1. The van der Waals surface area contributed by atoms with Crippen molar-refractivity contribution < 1.29 is 9.59 Å². The molecule has 0 aliphatic rings. The van der Waals surface area contributed by atoms with Gasteiger partial charge in [-0.1, -0.05) is 19.1 Å². The van der Waals surface area contributed by atoms with Crippen molar-refractivity contribution in [1.29, 1.82) is 0 Å². The normalized spacial score (nSPS) is 11.2. The molecular formula is C15H24ClN3O2. The average Bonchev–Trinajstić information content (AvgIpc) is 2.43. The predicted octanol–water partition coefficient (Wildman–Crippen LogP) is 1.47. The van der Waals surface area contributed by atoms with Crippen LogP contribution in [0.25, 0.3) is 0 Å². The van der Waals surface area contributed by atoms with Gasteiger partial charge >= 0.3 is 0 Å². The molecular weight excluding hydrogens is 290 g/mol. The molecule has 5 nitrogen and oxygen atoms in total. The van der Waals surface area contributed by atoms with E-state index in [1.54, 1.807) is 12.1 Å². The first-order valence-electron chi connectivity index (χ1n) is 6.88. The molecule has 0 saturated heterocycles. The van der Waals surface area contributed by atoms with E-state index in [-0.39, 0.29) is 30.3 Å². The zero-order valence-electron chi connectivity index (χ0n) is 12.7. The molecule has 0 aliphatic carbocycles. The molecule has 0 radical (unpaired) electrons. The van der Waals surface area contributed by atoms with E-state index < -0.39 is 0 Å². The smallest absolute Gasteiger partial charge is 0.251 e. The number of halogens is 1. The van der Waals surface area contributed by atoms with Crippen molar-refractivity contribution in [3.8, 4) is 0 Å². The van der Waals surface area contributed by atoms with Crippen LogP contribution in [0.5, 0.6) is 0 Å². The number of nitrogens with one attached hydrogen (secondary N) is 3. The molecule has 0 bridgehead atoms. The standard InChI is InChI=1S/C15H23N3O2.ClH/c1-4-16-11(2)9-18-15(20)14-7-5-13(6-8-14)10-17-12(3)19;/h5-8,11,16H,4,9-10H2,1-3H3,(H,17,19)(H,18,20);1H/t11-;/m1./s1. The van der Waals surface area contributed by atoms with Crippen LogP contribution in [0, 0.1) is 0 Å². The molecule has 3 N–H and O–H groups in total. The second-order valence-corrected chi connectivity index (χ2v) is 4.78. The average molecular weight is 314 g/mol. The predicted molar refractivity (Wildman–Crippen MR) is 86.7 cm³/mol. The van der Waals surface area contributed by atoms with Gasteiger partial charge in [-0.05, 0) is 31.2 Å². The molecule has 0 spiro atoms. The molecule has 1 aromatic rings. The minimum Gasteiger partial charge on any atom is -0.352 e. The Hall–Kier alpha value is -1.59. The summed E-state index contributed by atoms with van der Waals surface area (Å²) in [6.45, 7) is 7.50. The van der Waals surface area contributed by atoms with Crippen molar-refractivity contribution in [1.82, 2.24) is 16.0 Å². The van der Waals surface area contributed by atoms with Crippen molar-refractivity contribution in [2.45, 2.75) is 33.4 Å². The van der Waals surface area contributed by atoms with E-state index in [0.29, 0.717) is 18.7 Å². The van der Waals surface area contributed by atoms with E-state index in [4.69, 9.17) is 0 Å². The van der Waals surface area contributed by atoms with Crippen molar-refractivity contribution in [3.05, 3.63) is 35.4 Å². The van der Waals surface area contributed by atoms with Crippen molar-refractivity contribution in [2.75, 3.05) is 13.1 Å². The maximum Gasteiger partial charge on any atom is 0.251 e. The number of hydrogen-bond donors (Lipinski definition) is 3. The van der Waals surface area contributed by atoms with Gasteiger partial charge in [-0.3, -0.25) is 9.59 Å². The fraction of sp³-hybridized carbons (Fsp3) is 0.467. The van der Waals surface area contributed by atoms with Gasteiger partial charge < -0.3 is 16.0 Å². The Kier molecular flexibility index (Phi) is 9.41.